The van der Waals surface area contributed by atoms with Gasteiger partial charge >= 0.3 is 0 Å². The number of amides is 2. The lowest BCUT2D eigenvalue weighted by atomic mass is 10.1. The van der Waals surface area contributed by atoms with Gasteiger partial charge in [0.25, 0.3) is 11.1 Å². The Morgan fingerprint density at radius 2 is 1.85 bits per heavy atom. The molecule has 0 atom stereocenters. The number of carbonyl (C=O) groups excluding carboxylic acids is 2. The SMILES string of the molecule is Cc1ccc(/C=C2/SC(=O)N(Cc3cc4c(cc3Cl)OCO4)C2=O)cc1. The van der Waals surface area contributed by atoms with Crippen molar-refractivity contribution in [2.75, 3.05) is 6.79 Å². The van der Waals surface area contributed by atoms with E-state index in [-0.39, 0.29) is 24.5 Å². The standard InChI is InChI=1S/C19H14ClNO4S/c1-11-2-4-12(5-3-11)6-17-18(22)21(19(23)26-17)9-13-7-15-16(8-14(13)20)25-10-24-15/h2-8H,9-10H2,1H3/b17-6+. The maximum Gasteiger partial charge on any atom is 0.293 e. The number of hydrogen-bond donors (Lipinski definition) is 0. The summed E-state index contributed by atoms with van der Waals surface area (Å²) in [7, 11) is 0. The van der Waals surface area contributed by atoms with E-state index in [4.69, 9.17) is 21.1 Å². The van der Waals surface area contributed by atoms with Crippen molar-refractivity contribution in [1.82, 2.24) is 4.90 Å². The van der Waals surface area contributed by atoms with Crippen LogP contribution in [0.3, 0.4) is 0 Å². The minimum absolute atomic E-state index is 0.0887. The van der Waals surface area contributed by atoms with E-state index >= 15 is 0 Å². The number of thioether (sulfide) groups is 1. The first-order chi connectivity index (χ1) is 12.5. The Labute approximate surface area is 159 Å². The molecule has 0 radical (unpaired) electrons. The van der Waals surface area contributed by atoms with Crippen LogP contribution in [-0.2, 0) is 11.3 Å². The molecule has 1 fully saturated rings. The second kappa shape index (κ2) is 6.70. The van der Waals surface area contributed by atoms with E-state index in [9.17, 15) is 9.59 Å². The minimum atomic E-state index is -0.325. The van der Waals surface area contributed by atoms with Crippen LogP contribution in [0.4, 0.5) is 4.79 Å². The van der Waals surface area contributed by atoms with Gasteiger partial charge in [-0.15, -0.1) is 0 Å². The fourth-order valence-corrected chi connectivity index (χ4v) is 3.75. The van der Waals surface area contributed by atoms with Gasteiger partial charge in [-0.1, -0.05) is 41.4 Å². The summed E-state index contributed by atoms with van der Waals surface area (Å²) >= 11 is 7.19. The number of nitrogens with zero attached hydrogens (tertiary/aromatic N) is 1. The van der Waals surface area contributed by atoms with E-state index < -0.39 is 0 Å². The molecule has 0 aromatic heterocycles. The highest BCUT2D eigenvalue weighted by Crippen LogP contribution is 2.39. The van der Waals surface area contributed by atoms with E-state index in [0.29, 0.717) is 27.0 Å². The normalized spacial score (nSPS) is 17.5. The summed E-state index contributed by atoms with van der Waals surface area (Å²) in [4.78, 5) is 26.6. The lowest BCUT2D eigenvalue weighted by molar-refractivity contribution is -0.123. The quantitative estimate of drug-likeness (QED) is 0.719. The lowest BCUT2D eigenvalue weighted by Gasteiger charge is -2.14. The average Bonchev–Trinajstić information content (AvgIpc) is 3.16. The molecule has 0 saturated carbocycles. The molecule has 4 rings (SSSR count). The summed E-state index contributed by atoms with van der Waals surface area (Å²) in [6.07, 6.45) is 1.73. The van der Waals surface area contributed by atoms with Gasteiger partial charge in [-0.3, -0.25) is 14.5 Å². The summed E-state index contributed by atoms with van der Waals surface area (Å²) in [5.74, 6) is 0.799. The van der Waals surface area contributed by atoms with Crippen molar-refractivity contribution in [3.8, 4) is 11.5 Å². The van der Waals surface area contributed by atoms with E-state index in [1.54, 1.807) is 18.2 Å². The van der Waals surface area contributed by atoms with Crippen LogP contribution in [0.1, 0.15) is 16.7 Å². The fraction of sp³-hybridized carbons (Fsp3) is 0.158. The van der Waals surface area contributed by atoms with Gasteiger partial charge in [0.1, 0.15) is 0 Å². The van der Waals surface area contributed by atoms with Crippen LogP contribution in [0.5, 0.6) is 11.5 Å². The van der Waals surface area contributed by atoms with Gasteiger partial charge in [0.15, 0.2) is 11.5 Å². The first-order valence-electron chi connectivity index (χ1n) is 7.91. The lowest BCUT2D eigenvalue weighted by Crippen LogP contribution is -2.27. The Hall–Kier alpha value is -2.44. The van der Waals surface area contributed by atoms with Gasteiger partial charge in [0.2, 0.25) is 6.79 Å². The van der Waals surface area contributed by atoms with Gasteiger partial charge in [-0.05, 0) is 42.0 Å². The molecule has 2 amide bonds. The summed E-state index contributed by atoms with van der Waals surface area (Å²) in [5.41, 5.74) is 2.64. The third-order valence-electron chi connectivity index (χ3n) is 4.12. The molecule has 1 saturated heterocycles. The van der Waals surface area contributed by atoms with Crippen molar-refractivity contribution < 1.29 is 19.1 Å². The van der Waals surface area contributed by atoms with Gasteiger partial charge in [-0.2, -0.15) is 0 Å². The summed E-state index contributed by atoms with van der Waals surface area (Å²) in [6, 6.07) is 11.1. The van der Waals surface area contributed by atoms with Crippen molar-refractivity contribution in [3.63, 3.8) is 0 Å². The van der Waals surface area contributed by atoms with Crippen LogP contribution in [0.15, 0.2) is 41.3 Å². The molecule has 5 nitrogen and oxygen atoms in total. The number of imide groups is 1. The van der Waals surface area contributed by atoms with Gasteiger partial charge in [-0.25, -0.2) is 0 Å². The molecular weight excluding hydrogens is 374 g/mol. The fourth-order valence-electron chi connectivity index (χ4n) is 2.70. The smallest absolute Gasteiger partial charge is 0.293 e. The van der Waals surface area contributed by atoms with Gasteiger partial charge < -0.3 is 9.47 Å². The molecule has 0 spiro atoms. The van der Waals surface area contributed by atoms with Gasteiger partial charge in [0.05, 0.1) is 11.4 Å². The molecule has 2 aromatic rings. The third kappa shape index (κ3) is 3.18. The Kier molecular flexibility index (Phi) is 4.38. The third-order valence-corrected chi connectivity index (χ3v) is 5.38. The average molecular weight is 388 g/mol. The predicted octanol–water partition coefficient (Wildman–Crippen LogP) is 4.61. The summed E-state index contributed by atoms with van der Waals surface area (Å²) in [5, 5.41) is 0.109. The monoisotopic (exact) mass is 387 g/mol. The van der Waals surface area contributed by atoms with Crippen molar-refractivity contribution in [3.05, 3.63) is 63.0 Å². The molecule has 2 heterocycles. The van der Waals surface area contributed by atoms with Gasteiger partial charge in [0, 0.05) is 11.1 Å². The molecule has 26 heavy (non-hydrogen) atoms. The highest BCUT2D eigenvalue weighted by molar-refractivity contribution is 8.18. The maximum atomic E-state index is 12.7. The maximum absolute atomic E-state index is 12.7. The second-order valence-electron chi connectivity index (χ2n) is 5.98. The number of halogens is 1. The zero-order chi connectivity index (χ0) is 18.3. The molecule has 0 N–H and O–H groups in total. The first-order valence-corrected chi connectivity index (χ1v) is 9.11. The highest BCUT2D eigenvalue weighted by atomic mass is 35.5. The highest BCUT2D eigenvalue weighted by Gasteiger charge is 2.35. The zero-order valence-corrected chi connectivity index (χ0v) is 15.4. The molecule has 132 valence electrons. The molecule has 0 unspecified atom stereocenters. The molecule has 2 aliphatic heterocycles. The Bertz CT molecular complexity index is 939. The van der Waals surface area contributed by atoms with E-state index in [1.165, 1.54) is 4.90 Å². The molecule has 2 aromatic carbocycles. The Balaban J connectivity index is 1.57. The number of benzene rings is 2. The predicted molar refractivity (Wildman–Crippen MR) is 100 cm³/mol. The molecule has 2 aliphatic rings. The zero-order valence-electron chi connectivity index (χ0n) is 13.8. The minimum Gasteiger partial charge on any atom is -0.454 e. The van der Waals surface area contributed by atoms with Crippen LogP contribution < -0.4 is 9.47 Å². The van der Waals surface area contributed by atoms with Crippen LogP contribution >= 0.6 is 23.4 Å². The Morgan fingerprint density at radius 1 is 1.15 bits per heavy atom. The largest absolute Gasteiger partial charge is 0.454 e. The molecular formula is C19H14ClNO4S. The van der Waals surface area contributed by atoms with E-state index in [1.807, 2.05) is 31.2 Å². The summed E-state index contributed by atoms with van der Waals surface area (Å²) in [6.45, 7) is 2.22. The number of ether oxygens (including phenoxy) is 2. The molecule has 7 heteroatoms. The molecule has 0 aliphatic carbocycles. The van der Waals surface area contributed by atoms with Crippen LogP contribution in [0, 0.1) is 6.92 Å². The number of rotatable bonds is 3. The van der Waals surface area contributed by atoms with Crippen LogP contribution in [0.25, 0.3) is 6.08 Å². The first kappa shape index (κ1) is 17.0. The number of aryl methyl sites for hydroxylation is 1. The second-order valence-corrected chi connectivity index (χ2v) is 7.38. The topological polar surface area (TPSA) is 55.8 Å². The van der Waals surface area contributed by atoms with Crippen LogP contribution in [-0.4, -0.2) is 22.8 Å². The number of fused-ring (bicyclic) bond motifs is 1. The number of hydrogen-bond acceptors (Lipinski definition) is 5. The summed E-state index contributed by atoms with van der Waals surface area (Å²) < 4.78 is 10.6. The van der Waals surface area contributed by atoms with Crippen molar-refractivity contribution >= 4 is 40.6 Å². The van der Waals surface area contributed by atoms with E-state index in [2.05, 4.69) is 0 Å². The van der Waals surface area contributed by atoms with Crippen molar-refractivity contribution in [2.24, 2.45) is 0 Å². The van der Waals surface area contributed by atoms with Crippen molar-refractivity contribution in [2.45, 2.75) is 13.5 Å². The van der Waals surface area contributed by atoms with Crippen LogP contribution in [0.2, 0.25) is 5.02 Å². The van der Waals surface area contributed by atoms with E-state index in [0.717, 1.165) is 22.9 Å². The number of carbonyl (C=O) groups is 2. The molecule has 0 bridgehead atoms. The van der Waals surface area contributed by atoms with Crippen molar-refractivity contribution in [1.29, 1.82) is 0 Å². The Morgan fingerprint density at radius 3 is 2.58 bits per heavy atom.